The number of nitrogens with two attached hydrogens (primary N) is 1. The molecule has 4 nitrogen and oxygen atoms in total. The van der Waals surface area contributed by atoms with Gasteiger partial charge in [-0.3, -0.25) is 4.98 Å². The second-order valence-electron chi connectivity index (χ2n) is 4.38. The molecule has 0 bridgehead atoms. The minimum absolute atomic E-state index is 0.695. The number of pyridine rings is 1. The van der Waals surface area contributed by atoms with E-state index in [9.17, 15) is 0 Å². The number of nitrogens with one attached hydrogen (secondary N) is 1. The largest absolute Gasteiger partial charge is 0.396 e. The van der Waals surface area contributed by atoms with Crippen molar-refractivity contribution >= 4 is 27.3 Å². The highest BCUT2D eigenvalue weighted by Crippen LogP contribution is 2.27. The molecule has 5 heteroatoms. The molecule has 0 amide bonds. The lowest BCUT2D eigenvalue weighted by Crippen LogP contribution is -2.19. The molecule has 1 unspecified atom stereocenters. The minimum Gasteiger partial charge on any atom is -0.396 e. The van der Waals surface area contributed by atoms with Crippen LogP contribution >= 0.6 is 15.9 Å². The first-order valence-electron chi connectivity index (χ1n) is 5.48. The van der Waals surface area contributed by atoms with Gasteiger partial charge in [-0.2, -0.15) is 0 Å². The highest BCUT2D eigenvalue weighted by atomic mass is 79.9. The van der Waals surface area contributed by atoms with Crippen LogP contribution in [0.4, 0.5) is 11.4 Å². The first kappa shape index (κ1) is 11.7. The molecule has 1 aromatic heterocycles. The third-order valence-electron chi connectivity index (χ3n) is 2.99. The third-order valence-corrected chi connectivity index (χ3v) is 3.59. The van der Waals surface area contributed by atoms with Gasteiger partial charge >= 0.3 is 0 Å². The highest BCUT2D eigenvalue weighted by Gasteiger charge is 2.19. The van der Waals surface area contributed by atoms with Crippen molar-refractivity contribution in [3.63, 3.8) is 0 Å². The van der Waals surface area contributed by atoms with E-state index in [1.807, 2.05) is 0 Å². The Morgan fingerprint density at radius 3 is 3.06 bits per heavy atom. The van der Waals surface area contributed by atoms with E-state index < -0.39 is 0 Å². The first-order valence-corrected chi connectivity index (χ1v) is 6.27. The molecule has 1 aliphatic heterocycles. The lowest BCUT2D eigenvalue weighted by atomic mass is 10.1. The lowest BCUT2D eigenvalue weighted by Gasteiger charge is -2.15. The Kier molecular flexibility index (Phi) is 3.66. The normalized spacial score (nSPS) is 21.2. The molecule has 1 atom stereocenters. The summed E-state index contributed by atoms with van der Waals surface area (Å²) in [4.78, 5) is 6.37. The summed E-state index contributed by atoms with van der Waals surface area (Å²) in [5, 5.41) is 3.41. The molecular weight excluding hydrogens is 268 g/mol. The average molecular weight is 285 g/mol. The summed E-state index contributed by atoms with van der Waals surface area (Å²) in [6.07, 6.45) is 4.69. The van der Waals surface area contributed by atoms with Gasteiger partial charge in [0, 0.05) is 19.3 Å². The number of hydrogen-bond donors (Lipinski definition) is 2. The lowest BCUT2D eigenvalue weighted by molar-refractivity contribution is 0.399. The summed E-state index contributed by atoms with van der Waals surface area (Å²) in [7, 11) is 2.16. The molecule has 0 spiro atoms. The fourth-order valence-corrected chi connectivity index (χ4v) is 2.56. The second kappa shape index (κ2) is 5.01. The van der Waals surface area contributed by atoms with E-state index in [0.717, 1.165) is 23.2 Å². The van der Waals surface area contributed by atoms with Gasteiger partial charge in [0.2, 0.25) is 0 Å². The molecule has 1 fully saturated rings. The van der Waals surface area contributed by atoms with E-state index in [1.165, 1.54) is 13.0 Å². The molecule has 1 saturated heterocycles. The Labute approximate surface area is 104 Å². The second-order valence-corrected chi connectivity index (χ2v) is 5.24. The molecule has 3 N–H and O–H groups in total. The number of rotatable bonds is 3. The molecular formula is C11H17BrN4. The molecule has 0 radical (unpaired) electrons. The van der Waals surface area contributed by atoms with Crippen LogP contribution in [0.2, 0.25) is 0 Å². The van der Waals surface area contributed by atoms with Crippen LogP contribution in [0.25, 0.3) is 0 Å². The van der Waals surface area contributed by atoms with E-state index in [2.05, 4.69) is 38.2 Å². The molecule has 0 saturated carbocycles. The van der Waals surface area contributed by atoms with Crippen molar-refractivity contribution in [2.45, 2.75) is 6.42 Å². The minimum atomic E-state index is 0.695. The van der Waals surface area contributed by atoms with Crippen molar-refractivity contribution in [1.82, 2.24) is 9.88 Å². The van der Waals surface area contributed by atoms with Gasteiger partial charge in [-0.05, 0) is 41.9 Å². The molecule has 16 heavy (non-hydrogen) atoms. The van der Waals surface area contributed by atoms with Gasteiger partial charge in [0.15, 0.2) is 0 Å². The van der Waals surface area contributed by atoms with Gasteiger partial charge in [0.05, 0.1) is 22.0 Å². The van der Waals surface area contributed by atoms with Crippen LogP contribution in [0, 0.1) is 5.92 Å². The van der Waals surface area contributed by atoms with Gasteiger partial charge in [-0.25, -0.2) is 0 Å². The molecule has 1 aliphatic rings. The quantitative estimate of drug-likeness (QED) is 0.889. The van der Waals surface area contributed by atoms with Crippen molar-refractivity contribution in [3.8, 4) is 0 Å². The van der Waals surface area contributed by atoms with Crippen molar-refractivity contribution in [2.24, 2.45) is 5.92 Å². The van der Waals surface area contributed by atoms with Gasteiger partial charge < -0.3 is 16.0 Å². The average Bonchev–Trinajstić information content (AvgIpc) is 2.63. The SMILES string of the molecule is CN1CCC(CNc2c(N)cncc2Br)C1. The van der Waals surface area contributed by atoms with Crippen molar-refractivity contribution in [1.29, 1.82) is 0 Å². The summed E-state index contributed by atoms with van der Waals surface area (Å²) < 4.78 is 0.929. The summed E-state index contributed by atoms with van der Waals surface area (Å²) in [6, 6.07) is 0. The smallest absolute Gasteiger partial charge is 0.0750 e. The number of nitrogen functional groups attached to an aromatic ring is 1. The Hall–Kier alpha value is -0.810. The van der Waals surface area contributed by atoms with E-state index >= 15 is 0 Å². The molecule has 2 rings (SSSR count). The van der Waals surface area contributed by atoms with Crippen molar-refractivity contribution in [2.75, 3.05) is 37.7 Å². The number of aromatic nitrogens is 1. The van der Waals surface area contributed by atoms with E-state index in [0.29, 0.717) is 11.6 Å². The molecule has 1 aromatic rings. The van der Waals surface area contributed by atoms with E-state index in [4.69, 9.17) is 5.73 Å². The highest BCUT2D eigenvalue weighted by molar-refractivity contribution is 9.10. The maximum Gasteiger partial charge on any atom is 0.0750 e. The molecule has 2 heterocycles. The zero-order valence-corrected chi connectivity index (χ0v) is 11.0. The predicted molar refractivity (Wildman–Crippen MR) is 70.4 cm³/mol. The number of anilines is 2. The monoisotopic (exact) mass is 284 g/mol. The van der Waals surface area contributed by atoms with Gasteiger partial charge in [0.25, 0.3) is 0 Å². The Bertz CT molecular complexity index is 349. The predicted octanol–water partition coefficient (Wildman–Crippen LogP) is 1.79. The Morgan fingerprint density at radius 1 is 1.62 bits per heavy atom. The Balaban J connectivity index is 1.94. The van der Waals surface area contributed by atoms with Crippen LogP contribution in [-0.2, 0) is 0 Å². The van der Waals surface area contributed by atoms with Crippen molar-refractivity contribution < 1.29 is 0 Å². The van der Waals surface area contributed by atoms with Crippen LogP contribution in [0.5, 0.6) is 0 Å². The van der Waals surface area contributed by atoms with Crippen LogP contribution in [0.1, 0.15) is 6.42 Å². The summed E-state index contributed by atoms with van der Waals surface area (Å²) in [5.74, 6) is 0.712. The molecule has 0 aliphatic carbocycles. The number of likely N-dealkylation sites (tertiary alicyclic amines) is 1. The first-order chi connectivity index (χ1) is 7.66. The van der Waals surface area contributed by atoms with Crippen LogP contribution in [0.15, 0.2) is 16.9 Å². The van der Waals surface area contributed by atoms with E-state index in [1.54, 1.807) is 12.4 Å². The summed E-state index contributed by atoms with van der Waals surface area (Å²) >= 11 is 3.45. The maximum atomic E-state index is 5.87. The van der Waals surface area contributed by atoms with Crippen LogP contribution < -0.4 is 11.1 Å². The van der Waals surface area contributed by atoms with E-state index in [-0.39, 0.29) is 0 Å². The number of hydrogen-bond acceptors (Lipinski definition) is 4. The number of halogens is 1. The summed E-state index contributed by atoms with van der Waals surface area (Å²) in [6.45, 7) is 3.33. The maximum absolute atomic E-state index is 5.87. The topological polar surface area (TPSA) is 54.2 Å². The van der Waals surface area contributed by atoms with Crippen LogP contribution in [-0.4, -0.2) is 36.6 Å². The van der Waals surface area contributed by atoms with Gasteiger partial charge in [-0.15, -0.1) is 0 Å². The molecule has 88 valence electrons. The molecule has 0 aromatic carbocycles. The van der Waals surface area contributed by atoms with Gasteiger partial charge in [0.1, 0.15) is 0 Å². The van der Waals surface area contributed by atoms with Crippen LogP contribution in [0.3, 0.4) is 0 Å². The van der Waals surface area contributed by atoms with Gasteiger partial charge in [-0.1, -0.05) is 0 Å². The zero-order valence-electron chi connectivity index (χ0n) is 9.41. The summed E-state index contributed by atoms with van der Waals surface area (Å²) in [5.41, 5.74) is 7.53. The fourth-order valence-electron chi connectivity index (χ4n) is 2.08. The Morgan fingerprint density at radius 2 is 2.44 bits per heavy atom. The van der Waals surface area contributed by atoms with Crippen molar-refractivity contribution in [3.05, 3.63) is 16.9 Å². The zero-order chi connectivity index (χ0) is 11.5. The third kappa shape index (κ3) is 2.65. The fraction of sp³-hybridized carbons (Fsp3) is 0.545. The number of nitrogens with zero attached hydrogens (tertiary/aromatic N) is 2. The standard InChI is InChI=1S/C11H17BrN4/c1-16-3-2-8(7-16)4-15-11-9(12)5-14-6-10(11)13/h5-6,8H,2-4,7,13H2,1H3,(H,14,15).